The quantitative estimate of drug-likeness (QED) is 0.818. The lowest BCUT2D eigenvalue weighted by Crippen LogP contribution is -2.56. The molecule has 2 N–H and O–H groups in total. The zero-order valence-corrected chi connectivity index (χ0v) is 14.3. The first-order valence-corrected chi connectivity index (χ1v) is 8.93. The molecular weight excluding hydrogens is 304 g/mol. The Kier molecular flexibility index (Phi) is 4.90. The molecule has 3 rings (SSSR count). The smallest absolute Gasteiger partial charge is 0.313 e. The van der Waals surface area contributed by atoms with Gasteiger partial charge in [-0.25, -0.2) is 0 Å². The summed E-state index contributed by atoms with van der Waals surface area (Å²) in [6, 6.07) is 7.55. The van der Waals surface area contributed by atoms with Crippen LogP contribution in [-0.4, -0.2) is 40.5 Å². The van der Waals surface area contributed by atoms with Crippen molar-refractivity contribution in [3.8, 4) is 0 Å². The maximum Gasteiger partial charge on any atom is 0.313 e. The number of benzene rings is 1. The van der Waals surface area contributed by atoms with Gasteiger partial charge in [-0.05, 0) is 43.4 Å². The van der Waals surface area contributed by atoms with E-state index in [0.717, 1.165) is 37.7 Å². The number of rotatable bonds is 2. The van der Waals surface area contributed by atoms with Gasteiger partial charge in [0.25, 0.3) is 0 Å². The third-order valence-electron chi connectivity index (χ3n) is 5.50. The Morgan fingerprint density at radius 3 is 2.96 bits per heavy atom. The van der Waals surface area contributed by atoms with E-state index in [0.29, 0.717) is 25.2 Å². The Hall–Kier alpha value is -1.88. The molecule has 1 aliphatic heterocycles. The summed E-state index contributed by atoms with van der Waals surface area (Å²) in [6.07, 6.45) is 5.34. The standard InChI is InChI=1S/C19H26N2O3/c1-2-14-6-5-8-16(12-14)20-17(22)18(23)21-11-10-19(24)9-4-3-7-15(19)13-21/h5-6,8,12,15,24H,2-4,7,9-11,13H2,1H3,(H,20,22). The minimum Gasteiger partial charge on any atom is -0.389 e. The number of hydrogen-bond donors (Lipinski definition) is 2. The normalized spacial score (nSPS) is 26.6. The predicted molar refractivity (Wildman–Crippen MR) is 92.6 cm³/mol. The highest BCUT2D eigenvalue weighted by atomic mass is 16.3. The molecule has 1 saturated carbocycles. The molecule has 1 aromatic rings. The molecular formula is C19H26N2O3. The van der Waals surface area contributed by atoms with Crippen molar-refractivity contribution >= 4 is 17.5 Å². The molecule has 2 unspecified atom stereocenters. The molecule has 5 nitrogen and oxygen atoms in total. The minimum absolute atomic E-state index is 0.0974. The number of carbonyl (C=O) groups is 2. The molecule has 130 valence electrons. The first-order valence-electron chi connectivity index (χ1n) is 8.93. The van der Waals surface area contributed by atoms with Gasteiger partial charge in [0.2, 0.25) is 0 Å². The van der Waals surface area contributed by atoms with Crippen LogP contribution in [0.2, 0.25) is 0 Å². The second-order valence-electron chi connectivity index (χ2n) is 7.06. The van der Waals surface area contributed by atoms with Crippen molar-refractivity contribution in [2.75, 3.05) is 18.4 Å². The van der Waals surface area contributed by atoms with Gasteiger partial charge in [-0.2, -0.15) is 0 Å². The highest BCUT2D eigenvalue weighted by Crippen LogP contribution is 2.39. The Bertz CT molecular complexity index is 631. The molecule has 0 bridgehead atoms. The van der Waals surface area contributed by atoms with Gasteiger partial charge in [-0.3, -0.25) is 9.59 Å². The van der Waals surface area contributed by atoms with Crippen LogP contribution in [0.3, 0.4) is 0 Å². The second-order valence-corrected chi connectivity index (χ2v) is 7.06. The maximum atomic E-state index is 12.5. The van der Waals surface area contributed by atoms with Crippen molar-refractivity contribution in [3.63, 3.8) is 0 Å². The number of nitrogens with one attached hydrogen (secondary N) is 1. The van der Waals surface area contributed by atoms with E-state index in [4.69, 9.17) is 0 Å². The number of piperidine rings is 1. The largest absolute Gasteiger partial charge is 0.389 e. The van der Waals surface area contributed by atoms with E-state index in [1.807, 2.05) is 25.1 Å². The van der Waals surface area contributed by atoms with Gasteiger partial charge in [0.1, 0.15) is 0 Å². The van der Waals surface area contributed by atoms with E-state index >= 15 is 0 Å². The van der Waals surface area contributed by atoms with Crippen molar-refractivity contribution in [1.29, 1.82) is 0 Å². The zero-order valence-electron chi connectivity index (χ0n) is 14.3. The lowest BCUT2D eigenvalue weighted by Gasteiger charge is -2.47. The summed E-state index contributed by atoms with van der Waals surface area (Å²) in [5, 5.41) is 13.4. The van der Waals surface area contributed by atoms with E-state index in [1.165, 1.54) is 0 Å². The van der Waals surface area contributed by atoms with Gasteiger partial charge in [0.15, 0.2) is 0 Å². The third kappa shape index (κ3) is 3.46. The lowest BCUT2D eigenvalue weighted by molar-refractivity contribution is -0.151. The number of aryl methyl sites for hydroxylation is 1. The van der Waals surface area contributed by atoms with E-state index in [9.17, 15) is 14.7 Å². The number of likely N-dealkylation sites (tertiary alicyclic amines) is 1. The minimum atomic E-state index is -0.638. The van der Waals surface area contributed by atoms with E-state index < -0.39 is 17.4 Å². The highest BCUT2D eigenvalue weighted by molar-refractivity contribution is 6.39. The summed E-state index contributed by atoms with van der Waals surface area (Å²) in [5.74, 6) is -0.991. The van der Waals surface area contributed by atoms with Crippen molar-refractivity contribution in [2.45, 2.75) is 51.0 Å². The molecule has 0 spiro atoms. The average Bonchev–Trinajstić information content (AvgIpc) is 2.60. The van der Waals surface area contributed by atoms with Crippen molar-refractivity contribution in [2.24, 2.45) is 5.92 Å². The zero-order chi connectivity index (χ0) is 17.2. The topological polar surface area (TPSA) is 69.6 Å². The van der Waals surface area contributed by atoms with E-state index in [-0.39, 0.29) is 5.92 Å². The molecule has 0 radical (unpaired) electrons. The number of fused-ring (bicyclic) bond motifs is 1. The van der Waals surface area contributed by atoms with Gasteiger partial charge >= 0.3 is 11.8 Å². The molecule has 24 heavy (non-hydrogen) atoms. The number of anilines is 1. The average molecular weight is 330 g/mol. The maximum absolute atomic E-state index is 12.5. The molecule has 5 heteroatoms. The summed E-state index contributed by atoms with van der Waals surface area (Å²) in [7, 11) is 0. The van der Waals surface area contributed by atoms with Crippen LogP contribution in [0.5, 0.6) is 0 Å². The molecule has 1 aliphatic carbocycles. The van der Waals surface area contributed by atoms with Crippen LogP contribution >= 0.6 is 0 Å². The molecule has 1 aromatic carbocycles. The van der Waals surface area contributed by atoms with Gasteiger partial charge in [0, 0.05) is 24.7 Å². The van der Waals surface area contributed by atoms with Crippen LogP contribution in [0, 0.1) is 5.92 Å². The summed E-state index contributed by atoms with van der Waals surface area (Å²) in [4.78, 5) is 26.4. The van der Waals surface area contributed by atoms with Crippen molar-refractivity contribution in [1.82, 2.24) is 4.90 Å². The summed E-state index contributed by atoms with van der Waals surface area (Å²) >= 11 is 0. The molecule has 2 aliphatic rings. The fourth-order valence-electron chi connectivity index (χ4n) is 3.95. The Labute approximate surface area is 143 Å². The summed E-state index contributed by atoms with van der Waals surface area (Å²) < 4.78 is 0. The Balaban J connectivity index is 1.62. The van der Waals surface area contributed by atoms with Crippen molar-refractivity contribution < 1.29 is 14.7 Å². The van der Waals surface area contributed by atoms with Crippen molar-refractivity contribution in [3.05, 3.63) is 29.8 Å². The number of nitrogens with zero attached hydrogens (tertiary/aromatic N) is 1. The first-order chi connectivity index (χ1) is 11.5. The van der Waals surface area contributed by atoms with Crippen LogP contribution in [-0.2, 0) is 16.0 Å². The summed E-state index contributed by atoms with van der Waals surface area (Å²) in [5.41, 5.74) is 1.13. The van der Waals surface area contributed by atoms with Gasteiger partial charge < -0.3 is 15.3 Å². The molecule has 2 atom stereocenters. The molecule has 2 fully saturated rings. The monoisotopic (exact) mass is 330 g/mol. The van der Waals surface area contributed by atoms with Gasteiger partial charge in [0.05, 0.1) is 5.60 Å². The SMILES string of the molecule is CCc1cccc(NC(=O)C(=O)N2CCC3(O)CCCCC3C2)c1. The van der Waals surface area contributed by atoms with Gasteiger partial charge in [-0.1, -0.05) is 31.9 Å². The van der Waals surface area contributed by atoms with E-state index in [1.54, 1.807) is 11.0 Å². The Morgan fingerprint density at radius 1 is 1.33 bits per heavy atom. The number of aliphatic hydroxyl groups is 1. The van der Waals surface area contributed by atoms with Crippen LogP contribution in [0.25, 0.3) is 0 Å². The Morgan fingerprint density at radius 2 is 2.17 bits per heavy atom. The number of carbonyl (C=O) groups excluding carboxylic acids is 2. The van der Waals surface area contributed by atoms with Crippen LogP contribution in [0.1, 0.15) is 44.6 Å². The molecule has 1 saturated heterocycles. The van der Waals surface area contributed by atoms with Gasteiger partial charge in [-0.15, -0.1) is 0 Å². The molecule has 0 aromatic heterocycles. The lowest BCUT2D eigenvalue weighted by atomic mass is 9.71. The first kappa shape index (κ1) is 17.0. The van der Waals surface area contributed by atoms with Crippen LogP contribution < -0.4 is 5.32 Å². The van der Waals surface area contributed by atoms with Crippen LogP contribution in [0.4, 0.5) is 5.69 Å². The molecule has 2 amide bonds. The van der Waals surface area contributed by atoms with E-state index in [2.05, 4.69) is 5.32 Å². The number of amides is 2. The third-order valence-corrected chi connectivity index (χ3v) is 5.50. The second kappa shape index (κ2) is 6.93. The highest BCUT2D eigenvalue weighted by Gasteiger charge is 2.44. The fraction of sp³-hybridized carbons (Fsp3) is 0.579. The van der Waals surface area contributed by atoms with Crippen LogP contribution in [0.15, 0.2) is 24.3 Å². The fourth-order valence-corrected chi connectivity index (χ4v) is 3.95. The summed E-state index contributed by atoms with van der Waals surface area (Å²) in [6.45, 7) is 2.98. The molecule has 1 heterocycles. The predicted octanol–water partition coefficient (Wildman–Crippen LogP) is 2.34. The number of hydrogen-bond acceptors (Lipinski definition) is 3.